The molecule has 1 unspecified atom stereocenters. The quantitative estimate of drug-likeness (QED) is 0.625. The number of hydrogen-bond donors (Lipinski definition) is 1. The van der Waals surface area contributed by atoms with Crippen LogP contribution in [-0.2, 0) is 30.9 Å². The number of nitrogens with zero attached hydrogens (tertiary/aromatic N) is 3. The Morgan fingerprint density at radius 3 is 2.21 bits per heavy atom. The molecule has 0 aromatic heterocycles. The van der Waals surface area contributed by atoms with Gasteiger partial charge in [0.05, 0.1) is 5.75 Å². The standard InChI is InChI=1S/C24H28N4O5S/c1-18-8-10-20(11-9-18)24(2)22(30)28(23(31)25-24)16-21(29)26-12-14-27(15-13-26)34(32,33)17-19-6-4-3-5-7-19/h3-11H,12-17H2,1-2H3,(H,25,31). The smallest absolute Gasteiger partial charge is 0.325 e. The van der Waals surface area contributed by atoms with Crippen LogP contribution < -0.4 is 5.32 Å². The molecule has 0 radical (unpaired) electrons. The summed E-state index contributed by atoms with van der Waals surface area (Å²) in [5, 5.41) is 2.70. The van der Waals surface area contributed by atoms with Crippen LogP contribution in [0, 0.1) is 6.92 Å². The lowest BCUT2D eigenvalue weighted by molar-refractivity contribution is -0.139. The number of amides is 4. The Kier molecular flexibility index (Phi) is 6.46. The maximum atomic E-state index is 13.1. The highest BCUT2D eigenvalue weighted by Crippen LogP contribution is 2.29. The number of sulfonamides is 1. The molecule has 10 heteroatoms. The first kappa shape index (κ1) is 23.9. The van der Waals surface area contributed by atoms with Gasteiger partial charge in [0.25, 0.3) is 5.91 Å². The molecule has 0 aliphatic carbocycles. The first-order chi connectivity index (χ1) is 16.1. The van der Waals surface area contributed by atoms with Gasteiger partial charge >= 0.3 is 6.03 Å². The number of rotatable bonds is 6. The summed E-state index contributed by atoms with van der Waals surface area (Å²) < 4.78 is 26.9. The van der Waals surface area contributed by atoms with Crippen LogP contribution in [-0.4, -0.2) is 73.1 Å². The van der Waals surface area contributed by atoms with Crippen LogP contribution in [0.25, 0.3) is 0 Å². The van der Waals surface area contributed by atoms with Gasteiger partial charge in [0.15, 0.2) is 0 Å². The van der Waals surface area contributed by atoms with Crippen LogP contribution in [0.5, 0.6) is 0 Å². The van der Waals surface area contributed by atoms with E-state index in [2.05, 4.69) is 5.32 Å². The van der Waals surface area contributed by atoms with E-state index in [1.165, 1.54) is 9.21 Å². The van der Waals surface area contributed by atoms with Crippen LogP contribution >= 0.6 is 0 Å². The van der Waals surface area contributed by atoms with E-state index in [1.807, 2.05) is 25.1 Å². The number of piperazine rings is 1. The van der Waals surface area contributed by atoms with E-state index in [4.69, 9.17) is 0 Å². The number of aryl methyl sites for hydroxylation is 1. The summed E-state index contributed by atoms with van der Waals surface area (Å²) in [6.07, 6.45) is 0. The SMILES string of the molecule is Cc1ccc(C2(C)NC(=O)N(CC(=O)N3CCN(S(=O)(=O)Cc4ccccc4)CC3)C2=O)cc1. The van der Waals surface area contributed by atoms with Crippen LogP contribution in [0.1, 0.15) is 23.6 Å². The molecule has 180 valence electrons. The van der Waals surface area contributed by atoms with Crippen molar-refractivity contribution in [1.29, 1.82) is 0 Å². The molecule has 1 N–H and O–H groups in total. The summed E-state index contributed by atoms with van der Waals surface area (Å²) in [5.41, 5.74) is 1.14. The molecule has 2 heterocycles. The van der Waals surface area contributed by atoms with Crippen molar-refractivity contribution in [3.05, 3.63) is 71.3 Å². The molecule has 2 fully saturated rings. The molecule has 1 atom stereocenters. The van der Waals surface area contributed by atoms with E-state index in [-0.39, 0.29) is 38.5 Å². The molecule has 34 heavy (non-hydrogen) atoms. The van der Waals surface area contributed by atoms with Gasteiger partial charge in [-0.25, -0.2) is 13.2 Å². The number of hydrogen-bond acceptors (Lipinski definition) is 5. The number of imide groups is 1. The van der Waals surface area contributed by atoms with Crippen molar-refractivity contribution in [2.24, 2.45) is 0 Å². The maximum absolute atomic E-state index is 13.1. The predicted octanol–water partition coefficient (Wildman–Crippen LogP) is 1.44. The Morgan fingerprint density at radius 2 is 1.59 bits per heavy atom. The first-order valence-corrected chi connectivity index (χ1v) is 12.7. The number of carbonyl (C=O) groups is 3. The molecule has 0 saturated carbocycles. The molecule has 0 spiro atoms. The summed E-state index contributed by atoms with van der Waals surface area (Å²) >= 11 is 0. The Morgan fingerprint density at radius 1 is 0.971 bits per heavy atom. The van der Waals surface area contributed by atoms with E-state index in [0.717, 1.165) is 10.5 Å². The summed E-state index contributed by atoms with van der Waals surface area (Å²) in [5.74, 6) is -0.975. The van der Waals surface area contributed by atoms with Gasteiger partial charge in [-0.05, 0) is 25.0 Å². The van der Waals surface area contributed by atoms with Crippen LogP contribution in [0.3, 0.4) is 0 Å². The first-order valence-electron chi connectivity index (χ1n) is 11.1. The second kappa shape index (κ2) is 9.19. The third kappa shape index (κ3) is 4.69. The van der Waals surface area contributed by atoms with Gasteiger partial charge in [0.2, 0.25) is 15.9 Å². The Labute approximate surface area is 199 Å². The minimum atomic E-state index is -3.51. The third-order valence-electron chi connectivity index (χ3n) is 6.37. The fourth-order valence-electron chi connectivity index (χ4n) is 4.25. The van der Waals surface area contributed by atoms with E-state index in [9.17, 15) is 22.8 Å². The molecular formula is C24H28N4O5S. The van der Waals surface area contributed by atoms with Gasteiger partial charge in [0, 0.05) is 26.2 Å². The number of benzene rings is 2. The molecule has 9 nitrogen and oxygen atoms in total. The maximum Gasteiger partial charge on any atom is 0.325 e. The van der Waals surface area contributed by atoms with Gasteiger partial charge in [0.1, 0.15) is 12.1 Å². The average Bonchev–Trinajstić information content (AvgIpc) is 3.03. The molecular weight excluding hydrogens is 456 g/mol. The largest absolute Gasteiger partial charge is 0.338 e. The highest BCUT2D eigenvalue weighted by molar-refractivity contribution is 7.88. The molecule has 2 saturated heterocycles. The molecule has 4 rings (SSSR count). The Balaban J connectivity index is 1.36. The summed E-state index contributed by atoms with van der Waals surface area (Å²) in [4.78, 5) is 40.9. The molecule has 2 aliphatic heterocycles. The lowest BCUT2D eigenvalue weighted by atomic mass is 9.91. The third-order valence-corrected chi connectivity index (χ3v) is 8.22. The summed E-state index contributed by atoms with van der Waals surface area (Å²) in [6.45, 7) is 3.90. The van der Waals surface area contributed by atoms with Gasteiger partial charge in [-0.3, -0.25) is 14.5 Å². The molecule has 2 aromatic carbocycles. The minimum Gasteiger partial charge on any atom is -0.338 e. The lowest BCUT2D eigenvalue weighted by Gasteiger charge is -2.34. The Hall–Kier alpha value is -3.24. The normalized spacial score (nSPS) is 21.6. The zero-order valence-corrected chi connectivity index (χ0v) is 20.0. The predicted molar refractivity (Wildman–Crippen MR) is 126 cm³/mol. The molecule has 4 amide bonds. The lowest BCUT2D eigenvalue weighted by Crippen LogP contribution is -2.53. The van der Waals surface area contributed by atoms with Crippen LogP contribution in [0.4, 0.5) is 4.79 Å². The van der Waals surface area contributed by atoms with Crippen molar-refractivity contribution >= 4 is 27.9 Å². The second-order valence-corrected chi connectivity index (χ2v) is 10.8. The fourth-order valence-corrected chi connectivity index (χ4v) is 5.77. The second-order valence-electron chi connectivity index (χ2n) is 8.83. The summed E-state index contributed by atoms with van der Waals surface area (Å²) in [6, 6.07) is 15.6. The van der Waals surface area contributed by atoms with Crippen LogP contribution in [0.2, 0.25) is 0 Å². The number of urea groups is 1. The topological polar surface area (TPSA) is 107 Å². The van der Waals surface area contributed by atoms with Crippen LogP contribution in [0.15, 0.2) is 54.6 Å². The minimum absolute atomic E-state index is 0.0954. The Bertz CT molecular complexity index is 1190. The summed E-state index contributed by atoms with van der Waals surface area (Å²) in [7, 11) is -3.51. The molecule has 2 aliphatic rings. The highest BCUT2D eigenvalue weighted by Gasteiger charge is 2.49. The van der Waals surface area contributed by atoms with Crippen molar-refractivity contribution in [2.75, 3.05) is 32.7 Å². The van der Waals surface area contributed by atoms with Gasteiger partial charge in [-0.1, -0.05) is 60.2 Å². The monoisotopic (exact) mass is 484 g/mol. The van der Waals surface area contributed by atoms with Gasteiger partial charge < -0.3 is 10.2 Å². The fraction of sp³-hybridized carbons (Fsp3) is 0.375. The van der Waals surface area contributed by atoms with Crippen molar-refractivity contribution < 1.29 is 22.8 Å². The average molecular weight is 485 g/mol. The van der Waals surface area contributed by atoms with E-state index < -0.39 is 33.4 Å². The van der Waals surface area contributed by atoms with E-state index in [1.54, 1.807) is 43.3 Å². The van der Waals surface area contributed by atoms with Crippen molar-refractivity contribution in [3.63, 3.8) is 0 Å². The van der Waals surface area contributed by atoms with Gasteiger partial charge in [-0.15, -0.1) is 0 Å². The number of nitrogens with one attached hydrogen (secondary N) is 1. The van der Waals surface area contributed by atoms with E-state index in [0.29, 0.717) is 11.1 Å². The van der Waals surface area contributed by atoms with Crippen molar-refractivity contribution in [2.45, 2.75) is 25.1 Å². The molecule has 2 aromatic rings. The molecule has 0 bridgehead atoms. The van der Waals surface area contributed by atoms with Crippen molar-refractivity contribution in [1.82, 2.24) is 19.4 Å². The zero-order chi connectivity index (χ0) is 24.5. The number of carbonyl (C=O) groups excluding carboxylic acids is 3. The van der Waals surface area contributed by atoms with Crippen molar-refractivity contribution in [3.8, 4) is 0 Å². The highest BCUT2D eigenvalue weighted by atomic mass is 32.2. The van der Waals surface area contributed by atoms with E-state index >= 15 is 0 Å². The van der Waals surface area contributed by atoms with Gasteiger partial charge in [-0.2, -0.15) is 4.31 Å². The zero-order valence-electron chi connectivity index (χ0n) is 19.2.